The molecule has 109 valence electrons. The highest BCUT2D eigenvalue weighted by molar-refractivity contribution is 5.84. The van der Waals surface area contributed by atoms with Crippen molar-refractivity contribution in [3.63, 3.8) is 0 Å². The van der Waals surface area contributed by atoms with Crippen LogP contribution in [0.15, 0.2) is 48.2 Å². The van der Waals surface area contributed by atoms with Gasteiger partial charge in [0.15, 0.2) is 0 Å². The average molecular weight is 284 g/mol. The summed E-state index contributed by atoms with van der Waals surface area (Å²) in [5.41, 5.74) is 6.90. The van der Waals surface area contributed by atoms with Crippen molar-refractivity contribution in [2.45, 2.75) is 13.5 Å². The fraction of sp³-hybridized carbons (Fsp3) is 0.250. The first kappa shape index (κ1) is 14.8. The molecule has 21 heavy (non-hydrogen) atoms. The average Bonchev–Trinajstić information content (AvgIpc) is 2.45. The lowest BCUT2D eigenvalue weighted by Crippen LogP contribution is -2.38. The largest absolute Gasteiger partial charge is 0.368 e. The molecular formula is C16H18N3O2. The van der Waals surface area contributed by atoms with Crippen LogP contribution in [0.3, 0.4) is 0 Å². The van der Waals surface area contributed by atoms with Gasteiger partial charge < -0.3 is 15.5 Å². The number of carbonyl (C=O) groups excluding carboxylic acids is 2. The molecule has 0 unspecified atom stereocenters. The molecule has 5 nitrogen and oxygen atoms in total. The molecule has 0 aliphatic carbocycles. The molecule has 5 heteroatoms. The Hall–Kier alpha value is -2.56. The molecule has 1 heterocycles. The van der Waals surface area contributed by atoms with Gasteiger partial charge in [0, 0.05) is 20.0 Å². The van der Waals surface area contributed by atoms with Crippen LogP contribution in [0.1, 0.15) is 12.5 Å². The van der Waals surface area contributed by atoms with Crippen LogP contribution < -0.4 is 5.73 Å². The number of hydrogen-bond donors (Lipinski definition) is 1. The molecule has 1 aliphatic rings. The van der Waals surface area contributed by atoms with Crippen LogP contribution in [0.2, 0.25) is 0 Å². The van der Waals surface area contributed by atoms with Crippen molar-refractivity contribution in [2.24, 2.45) is 5.73 Å². The molecule has 1 aromatic rings. The first-order chi connectivity index (χ1) is 10.1. The standard InChI is InChI=1S/C16H18N3O2/c1-13(20)19(12-16(17)21)15-8-5-9-18(11-15)10-14-6-3-2-4-7-14/h2-8H,9-10,12H2,1H3,(H2,17,21). The Morgan fingerprint density at radius 2 is 2.05 bits per heavy atom. The Bertz CT molecular complexity index is 578. The molecule has 1 radical (unpaired) electrons. The second kappa shape index (κ2) is 6.74. The summed E-state index contributed by atoms with van der Waals surface area (Å²) in [6.45, 7) is 2.67. The van der Waals surface area contributed by atoms with Crippen LogP contribution in [0.25, 0.3) is 0 Å². The number of allylic oxidation sites excluding steroid dienone is 1. The van der Waals surface area contributed by atoms with Crippen LogP contribution in [-0.4, -0.2) is 34.7 Å². The highest BCUT2D eigenvalue weighted by Crippen LogP contribution is 2.14. The number of benzene rings is 1. The number of amides is 2. The highest BCUT2D eigenvalue weighted by Gasteiger charge is 2.18. The van der Waals surface area contributed by atoms with Crippen LogP contribution in [0.5, 0.6) is 0 Å². The summed E-state index contributed by atoms with van der Waals surface area (Å²) < 4.78 is 0. The first-order valence-electron chi connectivity index (χ1n) is 6.71. The van der Waals surface area contributed by atoms with Gasteiger partial charge in [0.05, 0.1) is 11.9 Å². The van der Waals surface area contributed by atoms with E-state index < -0.39 is 5.91 Å². The van der Waals surface area contributed by atoms with Gasteiger partial charge in [0.1, 0.15) is 6.54 Å². The predicted molar refractivity (Wildman–Crippen MR) is 79.3 cm³/mol. The third-order valence-corrected chi connectivity index (χ3v) is 3.08. The van der Waals surface area contributed by atoms with Gasteiger partial charge in [-0.2, -0.15) is 0 Å². The minimum absolute atomic E-state index is 0.138. The van der Waals surface area contributed by atoms with Gasteiger partial charge in [-0.15, -0.1) is 0 Å². The molecular weight excluding hydrogens is 266 g/mol. The molecule has 1 aliphatic heterocycles. The zero-order chi connectivity index (χ0) is 15.2. The van der Waals surface area contributed by atoms with Crippen molar-refractivity contribution in [2.75, 3.05) is 13.1 Å². The molecule has 0 saturated carbocycles. The van der Waals surface area contributed by atoms with Gasteiger partial charge in [-0.25, -0.2) is 0 Å². The number of primary amides is 1. The van der Waals surface area contributed by atoms with Crippen LogP contribution in [-0.2, 0) is 16.1 Å². The number of nitrogens with zero attached hydrogens (tertiary/aromatic N) is 2. The van der Waals surface area contributed by atoms with Gasteiger partial charge in [-0.05, 0) is 11.6 Å². The summed E-state index contributed by atoms with van der Waals surface area (Å²) in [4.78, 5) is 26.0. The van der Waals surface area contributed by atoms with E-state index in [2.05, 4.69) is 6.20 Å². The van der Waals surface area contributed by atoms with Crippen molar-refractivity contribution in [3.05, 3.63) is 59.9 Å². The lowest BCUT2D eigenvalue weighted by molar-refractivity contribution is -0.131. The lowest BCUT2D eigenvalue weighted by Gasteiger charge is -2.27. The second-order valence-corrected chi connectivity index (χ2v) is 4.84. The normalized spacial score (nSPS) is 13.8. The fourth-order valence-electron chi connectivity index (χ4n) is 2.12. The minimum Gasteiger partial charge on any atom is -0.368 e. The molecule has 0 atom stereocenters. The maximum atomic E-state index is 11.6. The smallest absolute Gasteiger partial charge is 0.237 e. The van der Waals surface area contributed by atoms with Crippen molar-refractivity contribution in [3.8, 4) is 0 Å². The Morgan fingerprint density at radius 3 is 2.67 bits per heavy atom. The summed E-state index contributed by atoms with van der Waals surface area (Å²) >= 11 is 0. The summed E-state index contributed by atoms with van der Waals surface area (Å²) in [6, 6.07) is 10.00. The maximum absolute atomic E-state index is 11.6. The molecule has 2 amide bonds. The zero-order valence-corrected chi connectivity index (χ0v) is 12.0. The Kier molecular flexibility index (Phi) is 4.77. The number of rotatable bonds is 5. The van der Waals surface area contributed by atoms with E-state index in [1.807, 2.05) is 41.3 Å². The van der Waals surface area contributed by atoms with E-state index in [1.165, 1.54) is 11.8 Å². The fourth-order valence-corrected chi connectivity index (χ4v) is 2.12. The topological polar surface area (TPSA) is 66.6 Å². The van der Waals surface area contributed by atoms with E-state index in [0.717, 1.165) is 5.56 Å². The van der Waals surface area contributed by atoms with Gasteiger partial charge in [0.2, 0.25) is 11.8 Å². The van der Waals surface area contributed by atoms with Crippen LogP contribution >= 0.6 is 0 Å². The van der Waals surface area contributed by atoms with Crippen molar-refractivity contribution in [1.29, 1.82) is 0 Å². The molecule has 0 fully saturated rings. The van der Waals surface area contributed by atoms with E-state index >= 15 is 0 Å². The molecule has 2 N–H and O–H groups in total. The van der Waals surface area contributed by atoms with E-state index in [1.54, 1.807) is 6.08 Å². The maximum Gasteiger partial charge on any atom is 0.237 e. The predicted octanol–water partition coefficient (Wildman–Crippen LogP) is 1.04. The Balaban J connectivity index is 2.13. The summed E-state index contributed by atoms with van der Waals surface area (Å²) in [5.74, 6) is -0.782. The van der Waals surface area contributed by atoms with Crippen LogP contribution in [0.4, 0.5) is 0 Å². The number of carbonyl (C=O) groups is 2. The molecule has 0 bridgehead atoms. The highest BCUT2D eigenvalue weighted by atomic mass is 16.2. The molecule has 0 spiro atoms. The third-order valence-electron chi connectivity index (χ3n) is 3.08. The molecule has 2 rings (SSSR count). The van der Waals surface area contributed by atoms with Crippen molar-refractivity contribution in [1.82, 2.24) is 9.80 Å². The third kappa shape index (κ3) is 4.21. The quantitative estimate of drug-likeness (QED) is 0.878. The van der Waals surface area contributed by atoms with Gasteiger partial charge >= 0.3 is 0 Å². The van der Waals surface area contributed by atoms with Crippen molar-refractivity contribution >= 4 is 11.8 Å². The van der Waals surface area contributed by atoms with Crippen molar-refractivity contribution < 1.29 is 9.59 Å². The van der Waals surface area contributed by atoms with E-state index in [4.69, 9.17) is 5.73 Å². The zero-order valence-electron chi connectivity index (χ0n) is 12.0. The van der Waals surface area contributed by atoms with Gasteiger partial charge in [-0.1, -0.05) is 36.4 Å². The lowest BCUT2D eigenvalue weighted by atomic mass is 10.2. The van der Waals surface area contributed by atoms with E-state index in [-0.39, 0.29) is 12.5 Å². The second-order valence-electron chi connectivity index (χ2n) is 4.84. The SMILES string of the molecule is CC(=O)N(CC(N)=O)C1=[C]N(Cc2ccccc2)CC=C1. The number of hydrogen-bond acceptors (Lipinski definition) is 3. The monoisotopic (exact) mass is 284 g/mol. The summed E-state index contributed by atoms with van der Waals surface area (Å²) in [5, 5.41) is 0. The van der Waals surface area contributed by atoms with E-state index in [9.17, 15) is 9.59 Å². The van der Waals surface area contributed by atoms with Gasteiger partial charge in [-0.3, -0.25) is 9.59 Å². The summed E-state index contributed by atoms with van der Waals surface area (Å²) in [7, 11) is 0. The Morgan fingerprint density at radius 1 is 1.33 bits per heavy atom. The number of nitrogens with two attached hydrogens (primary N) is 1. The molecule has 1 aromatic carbocycles. The molecule has 0 aromatic heterocycles. The van der Waals surface area contributed by atoms with E-state index in [0.29, 0.717) is 18.8 Å². The Labute approximate surface area is 124 Å². The van der Waals surface area contributed by atoms with Gasteiger partial charge in [0.25, 0.3) is 0 Å². The molecule has 0 saturated heterocycles. The first-order valence-corrected chi connectivity index (χ1v) is 6.71. The minimum atomic E-state index is -0.548. The van der Waals surface area contributed by atoms with Crippen LogP contribution in [0, 0.1) is 6.20 Å². The summed E-state index contributed by atoms with van der Waals surface area (Å²) in [6.07, 6.45) is 6.87.